The Hall–Kier alpha value is 0.501. The van der Waals surface area contributed by atoms with Crippen molar-refractivity contribution in [2.24, 2.45) is 5.92 Å². The van der Waals surface area contributed by atoms with Gasteiger partial charge in [0.05, 0.1) is 0 Å². The summed E-state index contributed by atoms with van der Waals surface area (Å²) in [7, 11) is -0.410. The minimum Gasteiger partial charge on any atom is -1.00 e. The van der Waals surface area contributed by atoms with Gasteiger partial charge in [-0.05, 0) is 0 Å². The van der Waals surface area contributed by atoms with Crippen molar-refractivity contribution in [2.45, 2.75) is 95.7 Å². The first-order chi connectivity index (χ1) is 13.2. The number of halogens is 3. The summed E-state index contributed by atoms with van der Waals surface area (Å²) < 4.78 is 0.384. The van der Waals surface area contributed by atoms with E-state index in [-0.39, 0.29) is 37.2 Å². The summed E-state index contributed by atoms with van der Waals surface area (Å²) >= 11 is 2.64. The molecule has 3 rings (SSSR count). The fourth-order valence-electron chi connectivity index (χ4n) is 5.97. The molecule has 0 nitrogen and oxygen atoms in total. The van der Waals surface area contributed by atoms with E-state index < -0.39 is 9.52 Å². The van der Waals surface area contributed by atoms with E-state index in [4.69, 9.17) is 0 Å². The van der Waals surface area contributed by atoms with E-state index in [1.165, 1.54) is 55.2 Å². The summed E-state index contributed by atoms with van der Waals surface area (Å²) in [6, 6.07) is 0. The van der Waals surface area contributed by atoms with E-state index in [1.54, 1.807) is 21.9 Å². The van der Waals surface area contributed by atoms with Crippen molar-refractivity contribution in [3.63, 3.8) is 0 Å². The maximum absolute atomic E-state index is 2.67. The monoisotopic (exact) mass is 532 g/mol. The van der Waals surface area contributed by atoms with Crippen molar-refractivity contribution in [3.05, 3.63) is 51.6 Å². The second-order valence-corrected chi connectivity index (χ2v) is 13.8. The summed E-state index contributed by atoms with van der Waals surface area (Å²) in [6.07, 6.45) is 15.4. The van der Waals surface area contributed by atoms with Crippen LogP contribution >= 0.6 is 0 Å². The maximum atomic E-state index is 2.67. The van der Waals surface area contributed by atoms with Crippen molar-refractivity contribution in [2.75, 3.05) is 0 Å². The Morgan fingerprint density at radius 3 is 2.03 bits per heavy atom. The minimum absolute atomic E-state index is 0. The molecule has 0 bridgehead atoms. The Morgan fingerprint density at radius 1 is 0.935 bits per heavy atom. The SMILES string of the molecule is CCCCC[C]1([Ti+3])C2=CC=CCC2CC1(C)[SiH2]c1c(C)c(C)c(C)c(C)c1C.[Cl-].[Cl-].[Cl-]. The molecule has 1 aromatic carbocycles. The summed E-state index contributed by atoms with van der Waals surface area (Å²) in [6.45, 7) is 16.8. The molecule has 1 saturated carbocycles. The molecule has 0 heterocycles. The van der Waals surface area contributed by atoms with Gasteiger partial charge in [-0.3, -0.25) is 0 Å². The van der Waals surface area contributed by atoms with E-state index in [0.29, 0.717) is 8.76 Å². The average molecular weight is 534 g/mol. The van der Waals surface area contributed by atoms with E-state index >= 15 is 0 Å². The van der Waals surface area contributed by atoms with Gasteiger partial charge in [0, 0.05) is 0 Å². The van der Waals surface area contributed by atoms with Gasteiger partial charge in [-0.2, -0.15) is 0 Å². The third-order valence-electron chi connectivity index (χ3n) is 8.37. The van der Waals surface area contributed by atoms with Crippen molar-refractivity contribution in [1.82, 2.24) is 0 Å². The second kappa shape index (κ2) is 12.3. The molecule has 31 heavy (non-hydrogen) atoms. The van der Waals surface area contributed by atoms with Crippen LogP contribution in [-0.4, -0.2) is 9.52 Å². The summed E-state index contributed by atoms with van der Waals surface area (Å²) in [5.74, 6) is 0.794. The number of allylic oxidation sites excluding steroid dienone is 4. The molecule has 0 amide bonds. The first-order valence-corrected chi connectivity index (χ1v) is 13.5. The number of benzene rings is 1. The number of unbranched alkanes of at least 4 members (excludes halogenated alkanes) is 2. The molecule has 0 N–H and O–H groups in total. The number of hydrogen-bond acceptors (Lipinski definition) is 0. The van der Waals surface area contributed by atoms with Crippen LogP contribution in [0.25, 0.3) is 0 Å². The molecular weight excluding hydrogens is 495 g/mol. The topological polar surface area (TPSA) is 0 Å². The van der Waals surface area contributed by atoms with Gasteiger partial charge in [-0.15, -0.1) is 0 Å². The van der Waals surface area contributed by atoms with E-state index in [2.05, 4.69) is 87.1 Å². The van der Waals surface area contributed by atoms with Gasteiger partial charge in [0.15, 0.2) is 0 Å². The molecule has 0 aromatic heterocycles. The van der Waals surface area contributed by atoms with Crippen molar-refractivity contribution >= 4 is 14.7 Å². The van der Waals surface area contributed by atoms with Crippen molar-refractivity contribution in [1.29, 1.82) is 0 Å². The third-order valence-corrected chi connectivity index (χ3v) is 13.8. The Balaban J connectivity index is 0.00000300. The molecule has 2 aliphatic rings. The first-order valence-electron chi connectivity index (χ1n) is 11.3. The molecule has 0 spiro atoms. The van der Waals surface area contributed by atoms with Gasteiger partial charge in [0.2, 0.25) is 0 Å². The summed E-state index contributed by atoms with van der Waals surface area (Å²) in [5.41, 5.74) is 9.58. The van der Waals surface area contributed by atoms with Gasteiger partial charge in [-0.1, -0.05) is 0 Å². The largest absolute Gasteiger partial charge is 1.00 e. The Labute approximate surface area is 224 Å². The average Bonchev–Trinajstić information content (AvgIpc) is 2.90. The van der Waals surface area contributed by atoms with E-state index in [1.807, 2.05) is 0 Å². The van der Waals surface area contributed by atoms with Crippen LogP contribution in [0.1, 0.15) is 80.2 Å². The van der Waals surface area contributed by atoms with Crippen LogP contribution in [0, 0.1) is 40.5 Å². The Kier molecular flexibility index (Phi) is 12.5. The van der Waals surface area contributed by atoms with Crippen molar-refractivity contribution in [3.8, 4) is 0 Å². The maximum Gasteiger partial charge on any atom is -1.00 e. The van der Waals surface area contributed by atoms with E-state index in [9.17, 15) is 0 Å². The molecule has 1 aromatic rings. The van der Waals surface area contributed by atoms with Crippen LogP contribution in [0.3, 0.4) is 0 Å². The van der Waals surface area contributed by atoms with E-state index in [0.717, 1.165) is 5.92 Å². The number of fused-ring (bicyclic) bond motifs is 1. The van der Waals surface area contributed by atoms with Crippen LogP contribution in [0.2, 0.25) is 8.76 Å². The van der Waals surface area contributed by atoms with Crippen LogP contribution in [-0.2, 0) is 20.4 Å². The van der Waals surface area contributed by atoms with Crippen LogP contribution in [0.4, 0.5) is 0 Å². The van der Waals surface area contributed by atoms with Crippen LogP contribution in [0.15, 0.2) is 23.8 Å². The van der Waals surface area contributed by atoms with Gasteiger partial charge in [0.25, 0.3) is 0 Å². The van der Waals surface area contributed by atoms with Crippen LogP contribution in [0.5, 0.6) is 0 Å². The standard InChI is InChI=1S/C26H39Si.3ClH.Ti/c1-8-9-10-15-24-23-14-12-11-13-22(23)16-26(24,7)27-25-20(5)18(3)17(2)19(4)21(25)6;;;;/h11-12,14,22H,8-10,13,15-16,27H2,1-7H3;3*1H;/q;;;;+3/p-3. The Morgan fingerprint density at radius 2 is 1.48 bits per heavy atom. The molecule has 3 unspecified atom stereocenters. The smallest absolute Gasteiger partial charge is 1.00 e. The molecule has 3 atom stereocenters. The number of rotatable bonds is 6. The number of hydrogen-bond donors (Lipinski definition) is 0. The molecule has 2 aliphatic carbocycles. The normalized spacial score (nSPS) is 26.7. The first kappa shape index (κ1) is 31.5. The van der Waals surface area contributed by atoms with Crippen LogP contribution < -0.4 is 42.4 Å². The zero-order valence-corrected chi connectivity index (χ0v) is 25.6. The summed E-state index contributed by atoms with van der Waals surface area (Å²) in [5, 5.41) is 2.25. The third kappa shape index (κ3) is 5.60. The fraction of sp³-hybridized carbons (Fsp3) is 0.615. The quantitative estimate of drug-likeness (QED) is 0.278. The van der Waals surface area contributed by atoms with Gasteiger partial charge >= 0.3 is 188 Å². The molecule has 0 saturated heterocycles. The molecule has 5 heteroatoms. The van der Waals surface area contributed by atoms with Gasteiger partial charge in [-0.25, -0.2) is 0 Å². The minimum atomic E-state index is -0.410. The summed E-state index contributed by atoms with van der Waals surface area (Å²) in [4.78, 5) is 0. The van der Waals surface area contributed by atoms with Gasteiger partial charge < -0.3 is 37.2 Å². The predicted octanol–water partition coefficient (Wildman–Crippen LogP) is -2.59. The van der Waals surface area contributed by atoms with Gasteiger partial charge in [0.1, 0.15) is 0 Å². The second-order valence-electron chi connectivity index (χ2n) is 9.89. The van der Waals surface area contributed by atoms with Crippen molar-refractivity contribution < 1.29 is 57.7 Å². The fourth-order valence-corrected chi connectivity index (χ4v) is 10.3. The molecular formula is C26H39Cl3SiTi. The molecule has 0 radical (unpaired) electrons. The Bertz CT molecular complexity index is 803. The molecule has 172 valence electrons. The zero-order valence-electron chi connectivity index (χ0n) is 20.4. The zero-order chi connectivity index (χ0) is 20.7. The molecule has 1 fully saturated rings. The molecule has 0 aliphatic heterocycles. The predicted molar refractivity (Wildman–Crippen MR) is 123 cm³/mol.